The van der Waals surface area contributed by atoms with Gasteiger partial charge in [0.25, 0.3) is 5.56 Å². The molecule has 0 spiro atoms. The quantitative estimate of drug-likeness (QED) is 0.643. The number of aromatic nitrogens is 5. The lowest BCUT2D eigenvalue weighted by Gasteiger charge is -2.07. The molecule has 0 fully saturated rings. The highest BCUT2D eigenvalue weighted by Crippen LogP contribution is 2.20. The van der Waals surface area contributed by atoms with E-state index in [1.165, 1.54) is 16.4 Å². The van der Waals surface area contributed by atoms with E-state index in [4.69, 9.17) is 0 Å². The second kappa shape index (κ2) is 8.05. The number of nitrogens with zero attached hydrogens (tertiary/aromatic N) is 5. The predicted molar refractivity (Wildman–Crippen MR) is 110 cm³/mol. The van der Waals surface area contributed by atoms with Crippen molar-refractivity contribution < 1.29 is 4.79 Å². The van der Waals surface area contributed by atoms with Crippen molar-refractivity contribution in [1.29, 1.82) is 0 Å². The van der Waals surface area contributed by atoms with Crippen molar-refractivity contribution in [3.05, 3.63) is 52.2 Å². The fourth-order valence-electron chi connectivity index (χ4n) is 2.97. The van der Waals surface area contributed by atoms with Crippen LogP contribution in [0, 0.1) is 6.92 Å². The van der Waals surface area contributed by atoms with Gasteiger partial charge in [0.05, 0.1) is 17.1 Å². The first-order valence-corrected chi connectivity index (χ1v) is 9.95. The van der Waals surface area contributed by atoms with Crippen molar-refractivity contribution in [2.45, 2.75) is 31.8 Å². The van der Waals surface area contributed by atoms with E-state index in [2.05, 4.69) is 15.5 Å². The molecular weight excluding hydrogens is 376 g/mol. The van der Waals surface area contributed by atoms with Gasteiger partial charge in [-0.1, -0.05) is 43.8 Å². The molecule has 0 saturated heterocycles. The van der Waals surface area contributed by atoms with E-state index in [0.29, 0.717) is 10.9 Å². The summed E-state index contributed by atoms with van der Waals surface area (Å²) in [5.41, 5.74) is 1.46. The smallest absolute Gasteiger partial charge is 0.295 e. The van der Waals surface area contributed by atoms with E-state index in [9.17, 15) is 9.59 Å². The Hall–Kier alpha value is -2.81. The van der Waals surface area contributed by atoms with Crippen molar-refractivity contribution in [2.24, 2.45) is 14.1 Å². The molecule has 3 aromatic rings. The number of amides is 1. The van der Waals surface area contributed by atoms with Crippen LogP contribution in [0.4, 0.5) is 5.69 Å². The van der Waals surface area contributed by atoms with Crippen LogP contribution >= 0.6 is 11.8 Å². The Bertz CT molecular complexity index is 1050. The number of carbonyl (C=O) groups excluding carboxylic acids is 1. The third-order valence-electron chi connectivity index (χ3n) is 4.54. The van der Waals surface area contributed by atoms with Crippen LogP contribution in [0.5, 0.6) is 0 Å². The summed E-state index contributed by atoms with van der Waals surface area (Å²) in [5, 5.41) is 11.7. The van der Waals surface area contributed by atoms with Gasteiger partial charge < -0.3 is 9.88 Å². The normalized spacial score (nSPS) is 11.2. The van der Waals surface area contributed by atoms with Crippen LogP contribution < -0.4 is 10.9 Å². The molecule has 1 aromatic carbocycles. The molecule has 0 aliphatic heterocycles. The molecule has 3 rings (SSSR count). The maximum atomic E-state index is 12.8. The number of thioether (sulfide) groups is 1. The summed E-state index contributed by atoms with van der Waals surface area (Å²) in [6.07, 6.45) is 0. The molecule has 0 bridgehead atoms. The number of carbonyl (C=O) groups is 1. The molecular formula is C19H24N6O2S. The maximum Gasteiger partial charge on any atom is 0.295 e. The summed E-state index contributed by atoms with van der Waals surface area (Å²) in [5.74, 6) is 1.00. The molecule has 2 heterocycles. The van der Waals surface area contributed by atoms with Gasteiger partial charge in [0, 0.05) is 20.0 Å². The number of hydrogen-bond acceptors (Lipinski definition) is 5. The van der Waals surface area contributed by atoms with Gasteiger partial charge in [-0.3, -0.25) is 14.3 Å². The highest BCUT2D eigenvalue weighted by atomic mass is 32.2. The van der Waals surface area contributed by atoms with Gasteiger partial charge in [0.2, 0.25) is 5.91 Å². The Kier molecular flexibility index (Phi) is 5.73. The summed E-state index contributed by atoms with van der Waals surface area (Å²) in [4.78, 5) is 25.3. The topological polar surface area (TPSA) is 86.7 Å². The molecule has 8 nitrogen and oxygen atoms in total. The number of benzene rings is 1. The number of nitrogens with one attached hydrogen (secondary N) is 1. The predicted octanol–water partition coefficient (Wildman–Crippen LogP) is 2.47. The zero-order chi connectivity index (χ0) is 20.4. The van der Waals surface area contributed by atoms with Crippen LogP contribution in [0.25, 0.3) is 5.69 Å². The van der Waals surface area contributed by atoms with Crippen LogP contribution in [0.1, 0.15) is 31.3 Å². The van der Waals surface area contributed by atoms with Crippen molar-refractivity contribution in [3.63, 3.8) is 0 Å². The van der Waals surface area contributed by atoms with E-state index in [-0.39, 0.29) is 28.8 Å². The van der Waals surface area contributed by atoms with E-state index >= 15 is 0 Å². The molecule has 0 radical (unpaired) electrons. The van der Waals surface area contributed by atoms with Crippen molar-refractivity contribution in [1.82, 2.24) is 24.1 Å². The monoisotopic (exact) mass is 400 g/mol. The highest BCUT2D eigenvalue weighted by Gasteiger charge is 2.19. The Morgan fingerprint density at radius 1 is 1.18 bits per heavy atom. The van der Waals surface area contributed by atoms with Gasteiger partial charge in [0.15, 0.2) is 5.16 Å². The molecule has 0 saturated carbocycles. The molecule has 9 heteroatoms. The Balaban J connectivity index is 1.76. The molecule has 28 heavy (non-hydrogen) atoms. The molecule has 148 valence electrons. The zero-order valence-corrected chi connectivity index (χ0v) is 17.4. The van der Waals surface area contributed by atoms with E-state index < -0.39 is 0 Å². The first-order valence-electron chi connectivity index (χ1n) is 8.97. The van der Waals surface area contributed by atoms with E-state index in [0.717, 1.165) is 11.5 Å². The van der Waals surface area contributed by atoms with Crippen LogP contribution in [0.2, 0.25) is 0 Å². The molecule has 1 N–H and O–H groups in total. The van der Waals surface area contributed by atoms with Gasteiger partial charge in [-0.05, 0) is 19.1 Å². The Labute approximate surface area is 167 Å². The van der Waals surface area contributed by atoms with E-state index in [1.807, 2.05) is 55.8 Å². The third kappa shape index (κ3) is 3.75. The Morgan fingerprint density at radius 2 is 1.86 bits per heavy atom. The second-order valence-electron chi connectivity index (χ2n) is 6.83. The number of hydrogen-bond donors (Lipinski definition) is 1. The third-order valence-corrected chi connectivity index (χ3v) is 5.56. The molecule has 0 atom stereocenters. The zero-order valence-electron chi connectivity index (χ0n) is 16.6. The lowest BCUT2D eigenvalue weighted by molar-refractivity contribution is -0.113. The van der Waals surface area contributed by atoms with Crippen molar-refractivity contribution >= 4 is 23.4 Å². The largest absolute Gasteiger partial charge is 0.319 e. The van der Waals surface area contributed by atoms with Crippen molar-refractivity contribution in [3.8, 4) is 5.69 Å². The van der Waals surface area contributed by atoms with Crippen LogP contribution in [0.3, 0.4) is 0 Å². The van der Waals surface area contributed by atoms with Gasteiger partial charge in [-0.2, -0.15) is 0 Å². The molecule has 2 aromatic heterocycles. The van der Waals surface area contributed by atoms with Gasteiger partial charge in [-0.25, -0.2) is 4.68 Å². The summed E-state index contributed by atoms with van der Waals surface area (Å²) >= 11 is 1.29. The summed E-state index contributed by atoms with van der Waals surface area (Å²) < 4.78 is 5.16. The minimum absolute atomic E-state index is 0.142. The van der Waals surface area contributed by atoms with Crippen LogP contribution in [-0.2, 0) is 18.9 Å². The lowest BCUT2D eigenvalue weighted by atomic mass is 10.2. The average Bonchev–Trinajstić information content (AvgIpc) is 3.14. The second-order valence-corrected chi connectivity index (χ2v) is 7.77. The SMILES string of the molecule is Cc1c(NC(=O)CSc2nnc(C(C)C)n2C)c(=O)n(-c2ccccc2)n1C. The first-order chi connectivity index (χ1) is 13.3. The summed E-state index contributed by atoms with van der Waals surface area (Å²) in [6, 6.07) is 9.32. The minimum Gasteiger partial charge on any atom is -0.319 e. The molecule has 0 aliphatic carbocycles. The number of anilines is 1. The standard InChI is InChI=1S/C19H24N6O2S/c1-12(2)17-21-22-19(23(17)4)28-11-15(26)20-16-13(3)24(5)25(18(16)27)14-9-7-6-8-10-14/h6-10,12H,11H2,1-5H3,(H,20,26). The van der Waals surface area contributed by atoms with E-state index in [1.54, 1.807) is 18.7 Å². The Morgan fingerprint density at radius 3 is 2.46 bits per heavy atom. The lowest BCUT2D eigenvalue weighted by Crippen LogP contribution is -2.23. The fraction of sp³-hybridized carbons (Fsp3) is 0.368. The maximum absolute atomic E-state index is 12.8. The van der Waals surface area contributed by atoms with Crippen LogP contribution in [0.15, 0.2) is 40.3 Å². The fourth-order valence-corrected chi connectivity index (χ4v) is 3.69. The van der Waals surface area contributed by atoms with Gasteiger partial charge >= 0.3 is 0 Å². The summed E-state index contributed by atoms with van der Waals surface area (Å²) in [6.45, 7) is 5.89. The highest BCUT2D eigenvalue weighted by molar-refractivity contribution is 7.99. The van der Waals surface area contributed by atoms with Crippen molar-refractivity contribution in [2.75, 3.05) is 11.1 Å². The minimum atomic E-state index is -0.259. The van der Waals surface area contributed by atoms with Gasteiger partial charge in [0.1, 0.15) is 11.5 Å². The molecule has 1 amide bonds. The molecule has 0 unspecified atom stereocenters. The van der Waals surface area contributed by atoms with Crippen LogP contribution in [-0.4, -0.2) is 35.8 Å². The average molecular weight is 401 g/mol. The van der Waals surface area contributed by atoms with Gasteiger partial charge in [-0.15, -0.1) is 10.2 Å². The summed E-state index contributed by atoms with van der Waals surface area (Å²) in [7, 11) is 3.68. The first kappa shape index (κ1) is 19.9. The number of rotatable bonds is 6. The molecule has 0 aliphatic rings. The number of para-hydroxylation sites is 1.